The molecule has 0 saturated carbocycles. The molecule has 4 amide bonds. The fraction of sp³-hybridized carbons (Fsp3) is 0.514. The normalized spacial score (nSPS) is 18.6. The highest BCUT2D eigenvalue weighted by Crippen LogP contribution is 2.41. The number of hydrogen-bond acceptors (Lipinski definition) is 9. The third-order valence-corrected chi connectivity index (χ3v) is 8.09. The van der Waals surface area contributed by atoms with Gasteiger partial charge in [-0.15, -0.1) is 0 Å². The molecule has 2 aromatic carbocycles. The minimum Gasteiger partial charge on any atom is -0.496 e. The van der Waals surface area contributed by atoms with Gasteiger partial charge in [-0.25, -0.2) is 9.59 Å². The van der Waals surface area contributed by atoms with Crippen molar-refractivity contribution in [2.24, 2.45) is 5.73 Å². The zero-order chi connectivity index (χ0) is 36.6. The molecule has 0 aliphatic carbocycles. The summed E-state index contributed by atoms with van der Waals surface area (Å²) in [6.07, 6.45) is 0.765. The van der Waals surface area contributed by atoms with Crippen molar-refractivity contribution < 1.29 is 43.3 Å². The third kappa shape index (κ3) is 10.1. The van der Waals surface area contributed by atoms with Crippen LogP contribution in [0.5, 0.6) is 11.5 Å². The van der Waals surface area contributed by atoms with Gasteiger partial charge < -0.3 is 45.9 Å². The van der Waals surface area contributed by atoms with E-state index in [-0.39, 0.29) is 12.8 Å². The zero-order valence-electron chi connectivity index (χ0n) is 29.5. The molecule has 0 radical (unpaired) electrons. The Labute approximate surface area is 287 Å². The first-order chi connectivity index (χ1) is 23.0. The van der Waals surface area contributed by atoms with Gasteiger partial charge >= 0.3 is 12.1 Å². The van der Waals surface area contributed by atoms with E-state index >= 15 is 0 Å². The van der Waals surface area contributed by atoms with Crippen molar-refractivity contribution >= 4 is 29.8 Å². The SMILES string of the molecule is COc1ccc2cc1-c1cc(cc(C)c1OC)C[C@@H](C(=O)O)NC(=O)[C@H](C)NC(=O)[C@H]2N(C)C(=O)[C@@H](N)CCCCNC(=O)OC(C)(C)C. The van der Waals surface area contributed by atoms with E-state index in [4.69, 9.17) is 19.9 Å². The molecule has 1 aliphatic heterocycles. The molecule has 4 bridgehead atoms. The van der Waals surface area contributed by atoms with Crippen LogP contribution < -0.4 is 31.2 Å². The lowest BCUT2D eigenvalue weighted by Crippen LogP contribution is -2.54. The van der Waals surface area contributed by atoms with Gasteiger partial charge in [0.15, 0.2) is 0 Å². The molecule has 2 aromatic rings. The number of ether oxygens (including phenoxy) is 3. The summed E-state index contributed by atoms with van der Waals surface area (Å²) in [4.78, 5) is 66.1. The average Bonchev–Trinajstić information content (AvgIpc) is 3.02. The second kappa shape index (κ2) is 16.5. The van der Waals surface area contributed by atoms with Crippen LogP contribution in [0, 0.1) is 6.92 Å². The van der Waals surface area contributed by atoms with E-state index in [2.05, 4.69) is 16.0 Å². The number of methoxy groups -OCH3 is 2. The molecule has 49 heavy (non-hydrogen) atoms. The predicted octanol–water partition coefficient (Wildman–Crippen LogP) is 2.83. The molecular weight excluding hydrogens is 634 g/mol. The summed E-state index contributed by atoms with van der Waals surface area (Å²) in [6.45, 7) is 8.89. The molecule has 0 saturated heterocycles. The van der Waals surface area contributed by atoms with E-state index in [0.717, 1.165) is 0 Å². The first-order valence-corrected chi connectivity index (χ1v) is 16.2. The molecule has 0 aromatic heterocycles. The van der Waals surface area contributed by atoms with E-state index < -0.39 is 59.6 Å². The van der Waals surface area contributed by atoms with Crippen LogP contribution in [-0.4, -0.2) is 91.3 Å². The van der Waals surface area contributed by atoms with Crippen molar-refractivity contribution in [1.29, 1.82) is 0 Å². The second-order valence-corrected chi connectivity index (χ2v) is 13.2. The highest BCUT2D eigenvalue weighted by Gasteiger charge is 2.34. The number of carbonyl (C=O) groups is 5. The number of hydrogen-bond donors (Lipinski definition) is 5. The Bertz CT molecular complexity index is 1550. The Morgan fingerprint density at radius 2 is 1.73 bits per heavy atom. The second-order valence-electron chi connectivity index (χ2n) is 13.2. The van der Waals surface area contributed by atoms with Crippen molar-refractivity contribution in [2.45, 2.75) is 90.1 Å². The van der Waals surface area contributed by atoms with E-state index in [1.54, 1.807) is 51.1 Å². The van der Waals surface area contributed by atoms with Gasteiger partial charge in [0.05, 0.1) is 20.3 Å². The number of alkyl carbamates (subject to hydrolysis) is 1. The molecule has 6 N–H and O–H groups in total. The van der Waals surface area contributed by atoms with Crippen LogP contribution in [0.1, 0.15) is 69.7 Å². The van der Waals surface area contributed by atoms with Crippen molar-refractivity contribution in [3.8, 4) is 22.6 Å². The lowest BCUT2D eigenvalue weighted by Gasteiger charge is -2.31. The minimum absolute atomic E-state index is 0.0314. The van der Waals surface area contributed by atoms with E-state index in [1.807, 2.05) is 6.92 Å². The Hall–Kier alpha value is -4.85. The summed E-state index contributed by atoms with van der Waals surface area (Å²) >= 11 is 0. The number of unbranched alkanes of at least 4 members (excludes halogenated alkanes) is 1. The molecule has 14 heteroatoms. The Morgan fingerprint density at radius 1 is 1.04 bits per heavy atom. The molecule has 0 spiro atoms. The fourth-order valence-corrected chi connectivity index (χ4v) is 5.69. The van der Waals surface area contributed by atoms with Crippen LogP contribution in [0.15, 0.2) is 30.3 Å². The number of fused-ring (bicyclic) bond motifs is 5. The molecule has 4 atom stereocenters. The van der Waals surface area contributed by atoms with Crippen LogP contribution in [0.3, 0.4) is 0 Å². The van der Waals surface area contributed by atoms with Gasteiger partial charge in [0.1, 0.15) is 35.2 Å². The number of nitrogens with two attached hydrogens (primary N) is 1. The number of nitrogens with one attached hydrogen (secondary N) is 3. The van der Waals surface area contributed by atoms with Gasteiger partial charge in [-0.05, 0) is 88.8 Å². The van der Waals surface area contributed by atoms with Crippen LogP contribution in [0.2, 0.25) is 0 Å². The maximum absolute atomic E-state index is 14.0. The van der Waals surface area contributed by atoms with Gasteiger partial charge in [0.25, 0.3) is 0 Å². The summed E-state index contributed by atoms with van der Waals surface area (Å²) in [6, 6.07) is 3.97. The van der Waals surface area contributed by atoms with E-state index in [0.29, 0.717) is 58.7 Å². The topological polar surface area (TPSA) is 199 Å². The molecule has 0 unspecified atom stereocenters. The molecule has 14 nitrogen and oxygen atoms in total. The number of likely N-dealkylation sites (N-methyl/N-ethyl adjacent to an activating group) is 1. The maximum Gasteiger partial charge on any atom is 0.407 e. The first-order valence-electron chi connectivity index (χ1n) is 16.2. The number of aryl methyl sites for hydroxylation is 1. The molecule has 268 valence electrons. The molecule has 0 fully saturated rings. The number of carboxylic acid groups (broad SMARTS) is 1. The first kappa shape index (κ1) is 38.6. The number of carboxylic acids is 1. The summed E-state index contributed by atoms with van der Waals surface area (Å²) in [5.41, 5.74) is 8.57. The number of amides is 4. The number of nitrogens with zero attached hydrogens (tertiary/aromatic N) is 1. The van der Waals surface area contributed by atoms with Gasteiger partial charge in [-0.1, -0.05) is 12.1 Å². The van der Waals surface area contributed by atoms with E-state index in [1.165, 1.54) is 33.1 Å². The lowest BCUT2D eigenvalue weighted by molar-refractivity contribution is -0.143. The number of rotatable bonds is 10. The minimum atomic E-state index is -1.29. The lowest BCUT2D eigenvalue weighted by atomic mass is 9.92. The van der Waals surface area contributed by atoms with Crippen LogP contribution in [0.25, 0.3) is 11.1 Å². The summed E-state index contributed by atoms with van der Waals surface area (Å²) in [5.74, 6) is -2.19. The third-order valence-electron chi connectivity index (χ3n) is 8.09. The van der Waals surface area contributed by atoms with Crippen molar-refractivity contribution in [2.75, 3.05) is 27.8 Å². The zero-order valence-corrected chi connectivity index (χ0v) is 29.5. The smallest absolute Gasteiger partial charge is 0.407 e. The monoisotopic (exact) mass is 683 g/mol. The molecule has 3 rings (SSSR count). The molecule has 1 heterocycles. The van der Waals surface area contributed by atoms with Crippen LogP contribution >= 0.6 is 0 Å². The summed E-state index contributed by atoms with van der Waals surface area (Å²) in [7, 11) is 4.47. The average molecular weight is 684 g/mol. The Morgan fingerprint density at radius 3 is 2.35 bits per heavy atom. The van der Waals surface area contributed by atoms with Crippen LogP contribution in [0.4, 0.5) is 4.79 Å². The van der Waals surface area contributed by atoms with Gasteiger partial charge in [0, 0.05) is 31.1 Å². The largest absolute Gasteiger partial charge is 0.496 e. The van der Waals surface area contributed by atoms with Gasteiger partial charge in [0.2, 0.25) is 17.7 Å². The van der Waals surface area contributed by atoms with Crippen molar-refractivity contribution in [3.05, 3.63) is 47.0 Å². The standard InChI is InChI=1S/C35H49N5O9/c1-19-15-21-16-24(29(19)48-8)23-18-22(12-13-27(23)47-7)28(31(42)38-20(2)30(41)39-26(17-21)33(44)45)40(6)32(43)25(36)11-9-10-14-37-34(46)49-35(3,4)5/h12-13,15-16,18,20,25-26,28H,9-11,14,17,36H2,1-8H3,(H,37,46)(H,38,42)(H,39,41)(H,44,45)/t20-,25-,26-,28-/m0/s1. The van der Waals surface area contributed by atoms with Crippen molar-refractivity contribution in [1.82, 2.24) is 20.9 Å². The highest BCUT2D eigenvalue weighted by atomic mass is 16.6. The Kier molecular flexibility index (Phi) is 13.0. The number of benzene rings is 2. The Balaban J connectivity index is 2.00. The van der Waals surface area contributed by atoms with Gasteiger partial charge in [-0.3, -0.25) is 14.4 Å². The maximum atomic E-state index is 14.0. The molecular formula is C35H49N5O9. The van der Waals surface area contributed by atoms with Crippen molar-refractivity contribution in [3.63, 3.8) is 0 Å². The van der Waals surface area contributed by atoms with Crippen LogP contribution in [-0.2, 0) is 30.3 Å². The number of aliphatic carboxylic acids is 1. The predicted molar refractivity (Wildman–Crippen MR) is 182 cm³/mol. The summed E-state index contributed by atoms with van der Waals surface area (Å²) in [5, 5.41) is 17.8. The van der Waals surface area contributed by atoms with E-state index in [9.17, 15) is 29.1 Å². The summed E-state index contributed by atoms with van der Waals surface area (Å²) < 4.78 is 16.7. The fourth-order valence-electron chi connectivity index (χ4n) is 5.69. The highest BCUT2D eigenvalue weighted by molar-refractivity contribution is 5.95. The van der Waals surface area contributed by atoms with Gasteiger partial charge in [-0.2, -0.15) is 0 Å². The molecule has 1 aliphatic rings. The quantitative estimate of drug-likeness (QED) is 0.232. The number of carbonyl (C=O) groups excluding carboxylic acids is 4.